The quantitative estimate of drug-likeness (QED) is 0.124. The highest BCUT2D eigenvalue weighted by atomic mass is 32.7. The van der Waals surface area contributed by atoms with Gasteiger partial charge in [0.05, 0.1) is 44.6 Å². The van der Waals surface area contributed by atoms with Gasteiger partial charge in [-0.3, -0.25) is 32.0 Å². The summed E-state index contributed by atoms with van der Waals surface area (Å²) in [4.78, 5) is 49.0. The van der Waals surface area contributed by atoms with Crippen molar-refractivity contribution in [2.24, 2.45) is 11.3 Å². The molecule has 4 aliphatic rings. The predicted octanol–water partition coefficient (Wildman–Crippen LogP) is 3.01. The minimum atomic E-state index is -4.54. The monoisotopic (exact) mass is 857 g/mol. The Morgan fingerprint density at radius 1 is 1.14 bits per heavy atom. The fraction of sp³-hybridized carbons (Fsp3) is 0.645. The second kappa shape index (κ2) is 15.2. The molecule has 2 saturated carbocycles. The highest BCUT2D eigenvalue weighted by Crippen LogP contribution is 2.74. The third-order valence-corrected chi connectivity index (χ3v) is 15.1. The van der Waals surface area contributed by atoms with E-state index in [1.54, 1.807) is 32.3 Å². The summed E-state index contributed by atoms with van der Waals surface area (Å²) in [7, 11) is -3.18. The lowest BCUT2D eigenvalue weighted by Gasteiger charge is -2.32. The number of phosphoric ester groups is 1. The van der Waals surface area contributed by atoms with Crippen molar-refractivity contribution < 1.29 is 60.6 Å². The highest BCUT2D eigenvalue weighted by molar-refractivity contribution is 8.55. The standard InChI is InChI=1S/C31H41N9O14P2S/c1-6-48-55(44)50-9-31-7-16(31)20(39-11-35-18-25(32)33-10-34-26(18)39)21(41)24(31)54-56(45,57-13-47-30(43)51-14(2)3)49-8-17-22(46-5)23(53-55)29(52-17)40-12-36-19-27(40)37-15(4)38-28(19)42/h10-12,14,16-17,20-24,29,41H,6-9,13H2,1-5H3,(H2,32,33,34)(H,37,38,42)/t16-,17-,20-,21+,22-,23-,24+,29-,31-,55+,56+/m1/s1. The van der Waals surface area contributed by atoms with E-state index in [-0.39, 0.29) is 36.0 Å². The van der Waals surface area contributed by atoms with Crippen molar-refractivity contribution in [3.05, 3.63) is 35.2 Å². The highest BCUT2D eigenvalue weighted by Gasteiger charge is 2.74. The molecule has 2 aliphatic carbocycles. The molecule has 0 aromatic carbocycles. The molecule has 6 heterocycles. The number of aryl methyl sites for hydroxylation is 1. The summed E-state index contributed by atoms with van der Waals surface area (Å²) in [5.41, 5.74) is 5.19. The summed E-state index contributed by atoms with van der Waals surface area (Å²) in [5.74, 6) is -0.550. The molecule has 0 amide bonds. The maximum absolute atomic E-state index is 14.9. The number of aliphatic hydroxyl groups is 1. The number of hydrogen-bond donors (Lipinski definition) is 3. The molecule has 2 aliphatic heterocycles. The Kier molecular flexibility index (Phi) is 10.8. The molecule has 4 N–H and O–H groups in total. The van der Waals surface area contributed by atoms with Gasteiger partial charge >= 0.3 is 20.8 Å². The van der Waals surface area contributed by atoms with Crippen LogP contribution in [0.5, 0.6) is 0 Å². The fourth-order valence-electron chi connectivity index (χ4n) is 7.82. The van der Waals surface area contributed by atoms with Crippen LogP contribution in [0.25, 0.3) is 22.3 Å². The average Bonchev–Trinajstić information content (AvgIpc) is 3.44. The molecule has 2 saturated heterocycles. The van der Waals surface area contributed by atoms with Gasteiger partial charge in [0, 0.05) is 23.9 Å². The summed E-state index contributed by atoms with van der Waals surface area (Å²) in [6.45, 7) is 1.06. The van der Waals surface area contributed by atoms with Crippen LogP contribution in [0.3, 0.4) is 0 Å². The van der Waals surface area contributed by atoms with Crippen molar-refractivity contribution in [3.8, 4) is 0 Å². The van der Waals surface area contributed by atoms with Gasteiger partial charge in [-0.15, -0.1) is 0 Å². The zero-order valence-electron chi connectivity index (χ0n) is 31.2. The number of rotatable bonds is 9. The van der Waals surface area contributed by atoms with Crippen molar-refractivity contribution in [1.82, 2.24) is 39.0 Å². The fourth-order valence-corrected chi connectivity index (χ4v) is 12.1. The van der Waals surface area contributed by atoms with E-state index in [1.165, 1.54) is 30.7 Å². The molecule has 4 aromatic rings. The van der Waals surface area contributed by atoms with E-state index in [4.69, 9.17) is 47.3 Å². The number of anilines is 1. The van der Waals surface area contributed by atoms with Gasteiger partial charge in [0.25, 0.3) is 5.56 Å². The van der Waals surface area contributed by atoms with Crippen molar-refractivity contribution >= 4 is 60.3 Å². The second-order valence-electron chi connectivity index (χ2n) is 14.1. The summed E-state index contributed by atoms with van der Waals surface area (Å²) >= 11 is 0.538. The number of nitrogens with zero attached hydrogens (tertiary/aromatic N) is 7. The largest absolute Gasteiger partial charge is 0.509 e. The number of fused-ring (bicyclic) bond motifs is 4. The van der Waals surface area contributed by atoms with Crippen LogP contribution in [0.1, 0.15) is 45.3 Å². The number of aromatic nitrogens is 8. The van der Waals surface area contributed by atoms with Gasteiger partial charge in [-0.2, -0.15) is 0 Å². The molecule has 4 fully saturated rings. The number of nitrogen functional groups attached to an aromatic ring is 1. The smallest absolute Gasteiger partial charge is 0.432 e. The molecule has 4 aromatic heterocycles. The lowest BCUT2D eigenvalue weighted by Crippen LogP contribution is -2.38. The van der Waals surface area contributed by atoms with Gasteiger partial charge in [-0.1, -0.05) is 0 Å². The van der Waals surface area contributed by atoms with Crippen LogP contribution in [0.15, 0.2) is 23.8 Å². The molecule has 26 heteroatoms. The molecular formula is C31H41N9O14P2S. The zero-order valence-corrected chi connectivity index (χ0v) is 33.8. The molecule has 57 heavy (non-hydrogen) atoms. The third-order valence-electron chi connectivity index (χ3n) is 10.3. The Bertz CT molecular complexity index is 2330. The molecule has 2 bridgehead atoms. The van der Waals surface area contributed by atoms with E-state index in [9.17, 15) is 23.8 Å². The van der Waals surface area contributed by atoms with Gasteiger partial charge in [0.15, 0.2) is 34.8 Å². The van der Waals surface area contributed by atoms with Crippen molar-refractivity contribution in [1.29, 1.82) is 0 Å². The summed E-state index contributed by atoms with van der Waals surface area (Å²) in [6, 6.07) is -0.774. The number of nitrogens with one attached hydrogen (secondary N) is 1. The third kappa shape index (κ3) is 7.28. The molecule has 1 spiro atoms. The van der Waals surface area contributed by atoms with E-state index < -0.39 is 99.1 Å². The topological polar surface area (TPSA) is 288 Å². The average molecular weight is 858 g/mol. The molecule has 11 atom stereocenters. The van der Waals surface area contributed by atoms with E-state index in [0.29, 0.717) is 29.0 Å². The number of carbonyl (C=O) groups is 1. The Labute approximate surface area is 327 Å². The second-order valence-corrected chi connectivity index (χ2v) is 19.7. The maximum atomic E-state index is 14.9. The predicted molar refractivity (Wildman–Crippen MR) is 197 cm³/mol. The van der Waals surface area contributed by atoms with Gasteiger partial charge in [0.2, 0.25) is 0 Å². The Morgan fingerprint density at radius 2 is 1.91 bits per heavy atom. The van der Waals surface area contributed by atoms with Crippen LogP contribution >= 0.6 is 26.0 Å². The molecular weight excluding hydrogens is 816 g/mol. The number of aromatic amines is 1. The lowest BCUT2D eigenvalue weighted by atomic mass is 10.0. The molecule has 8 rings (SSSR count). The SMILES string of the molecule is CCO[P@@]1(=O)OC[C@]23C[C@@H]2[C@@H](n2cnc4c(N)ncnc42)[C@H](O)[C@@H]3O[P@@](=O)(SCOC(=O)OC(C)C)OC[C@H]2O[C@@H](n3cnc4c(=O)[nH]c(C)nc43)[C@H](O1)[C@@H]2OC. The van der Waals surface area contributed by atoms with Crippen molar-refractivity contribution in [2.45, 2.75) is 83.0 Å². The maximum Gasteiger partial charge on any atom is 0.509 e. The number of phosphoric acid groups is 1. The number of ether oxygens (including phenoxy) is 4. The van der Waals surface area contributed by atoms with Crippen LogP contribution in [-0.2, 0) is 50.7 Å². The number of nitrogens with two attached hydrogens (primary N) is 1. The van der Waals surface area contributed by atoms with Crippen LogP contribution in [0.4, 0.5) is 10.6 Å². The number of methoxy groups -OCH3 is 1. The number of aliphatic hydroxyl groups excluding tert-OH is 1. The normalized spacial score (nSPS) is 35.4. The van der Waals surface area contributed by atoms with Crippen LogP contribution in [0.2, 0.25) is 0 Å². The molecule has 0 radical (unpaired) electrons. The van der Waals surface area contributed by atoms with E-state index >= 15 is 0 Å². The van der Waals surface area contributed by atoms with Crippen molar-refractivity contribution in [2.75, 3.05) is 38.6 Å². The Balaban J connectivity index is 1.19. The molecule has 0 unspecified atom stereocenters. The van der Waals surface area contributed by atoms with E-state index in [1.807, 2.05) is 0 Å². The number of carbonyl (C=O) groups excluding carboxylic acids is 1. The van der Waals surface area contributed by atoms with Crippen molar-refractivity contribution in [3.63, 3.8) is 0 Å². The van der Waals surface area contributed by atoms with Crippen LogP contribution in [0, 0.1) is 18.3 Å². The first-order valence-corrected chi connectivity index (χ1v) is 22.5. The summed E-state index contributed by atoms with van der Waals surface area (Å²) in [5, 5.41) is 12.1. The van der Waals surface area contributed by atoms with Gasteiger partial charge in [0.1, 0.15) is 48.2 Å². The Morgan fingerprint density at radius 3 is 2.67 bits per heavy atom. The minimum Gasteiger partial charge on any atom is -0.432 e. The number of hydrogen-bond acceptors (Lipinski definition) is 21. The van der Waals surface area contributed by atoms with Gasteiger partial charge in [-0.25, -0.2) is 38.8 Å². The lowest BCUT2D eigenvalue weighted by molar-refractivity contribution is -0.0612. The van der Waals surface area contributed by atoms with Gasteiger partial charge < -0.3 is 39.3 Å². The Hall–Kier alpha value is -3.54. The first kappa shape index (κ1) is 40.2. The molecule has 310 valence electrons. The minimum absolute atomic E-state index is 0.000334. The van der Waals surface area contributed by atoms with E-state index in [2.05, 4.69) is 29.9 Å². The van der Waals surface area contributed by atoms with Crippen LogP contribution < -0.4 is 11.3 Å². The van der Waals surface area contributed by atoms with E-state index in [0.717, 1.165) is 0 Å². The summed E-state index contributed by atoms with van der Waals surface area (Å²) < 4.78 is 85.7. The first-order valence-electron chi connectivity index (χ1n) is 17.9. The van der Waals surface area contributed by atoms with Gasteiger partial charge in [-0.05, 0) is 40.0 Å². The zero-order chi connectivity index (χ0) is 40.4. The van der Waals surface area contributed by atoms with Crippen LogP contribution in [-0.4, -0.2) is 120 Å². The summed E-state index contributed by atoms with van der Waals surface area (Å²) in [6.07, 6.45) is -4.50. The molecule has 23 nitrogen and oxygen atoms in total. The number of H-pyrrole nitrogens is 1. The first-order chi connectivity index (χ1) is 27.2. The number of imidazole rings is 2.